The van der Waals surface area contributed by atoms with Gasteiger partial charge in [-0.15, -0.1) is 0 Å². The highest BCUT2D eigenvalue weighted by Crippen LogP contribution is 2.22. The number of ether oxygens (including phenoxy) is 1. The summed E-state index contributed by atoms with van der Waals surface area (Å²) >= 11 is 0. The molecule has 0 unspecified atom stereocenters. The van der Waals surface area contributed by atoms with E-state index in [1.54, 1.807) is 36.4 Å². The number of carbonyl (C=O) groups is 2. The van der Waals surface area contributed by atoms with E-state index >= 15 is 0 Å². The van der Waals surface area contributed by atoms with Gasteiger partial charge in [0.15, 0.2) is 6.10 Å². The molecule has 0 spiro atoms. The Bertz CT molecular complexity index is 686. The Morgan fingerprint density at radius 1 is 1.14 bits per heavy atom. The first-order valence-corrected chi connectivity index (χ1v) is 6.59. The van der Waals surface area contributed by atoms with Crippen LogP contribution in [0.5, 0.6) is 0 Å². The monoisotopic (exact) mass is 302 g/mol. The van der Waals surface area contributed by atoms with Crippen LogP contribution < -0.4 is 11.1 Å². The van der Waals surface area contributed by atoms with E-state index in [2.05, 4.69) is 5.32 Å². The molecule has 0 bridgehead atoms. The molecule has 0 radical (unpaired) electrons. The summed E-state index contributed by atoms with van der Waals surface area (Å²) < 4.78 is 17.9. The summed E-state index contributed by atoms with van der Waals surface area (Å²) in [5, 5.41) is 3.00. The maximum atomic E-state index is 12.9. The molecule has 114 valence electrons. The lowest BCUT2D eigenvalue weighted by molar-refractivity contribution is -0.125. The van der Waals surface area contributed by atoms with Crippen molar-refractivity contribution in [2.24, 2.45) is 5.73 Å². The van der Waals surface area contributed by atoms with E-state index in [4.69, 9.17) is 10.5 Å². The zero-order chi connectivity index (χ0) is 16.1. The van der Waals surface area contributed by atoms with E-state index in [0.29, 0.717) is 11.4 Å². The molecule has 1 atom stereocenters. The van der Waals surface area contributed by atoms with Crippen LogP contribution in [0, 0.1) is 5.82 Å². The maximum Gasteiger partial charge on any atom is 0.341 e. The molecule has 3 N–H and O–H groups in total. The Balaban J connectivity index is 2.21. The maximum absolute atomic E-state index is 12.9. The van der Waals surface area contributed by atoms with Crippen LogP contribution in [0.25, 0.3) is 0 Å². The van der Waals surface area contributed by atoms with E-state index in [1.807, 2.05) is 0 Å². The summed E-state index contributed by atoms with van der Waals surface area (Å²) in [4.78, 5) is 23.1. The van der Waals surface area contributed by atoms with Crippen LogP contribution in [0.4, 0.5) is 15.8 Å². The van der Waals surface area contributed by atoms with Gasteiger partial charge < -0.3 is 15.8 Å². The lowest BCUT2D eigenvalue weighted by atomic mass is 10.1. The number of anilines is 2. The van der Waals surface area contributed by atoms with Crippen LogP contribution in [0.3, 0.4) is 0 Å². The van der Waals surface area contributed by atoms with E-state index in [0.717, 1.165) is 0 Å². The topological polar surface area (TPSA) is 81.4 Å². The largest absolute Gasteiger partial charge is 0.449 e. The van der Waals surface area contributed by atoms with Crippen LogP contribution in [-0.4, -0.2) is 18.0 Å². The van der Waals surface area contributed by atoms with Crippen molar-refractivity contribution in [3.63, 3.8) is 0 Å². The van der Waals surface area contributed by atoms with Crippen molar-refractivity contribution in [3.8, 4) is 0 Å². The van der Waals surface area contributed by atoms with Gasteiger partial charge in [0, 0.05) is 5.69 Å². The van der Waals surface area contributed by atoms with Crippen molar-refractivity contribution in [2.45, 2.75) is 13.0 Å². The number of hydrogen-bond acceptors (Lipinski definition) is 4. The predicted molar refractivity (Wildman–Crippen MR) is 80.2 cm³/mol. The Labute approximate surface area is 126 Å². The average Bonchev–Trinajstić information content (AvgIpc) is 2.50. The molecule has 0 aliphatic carbocycles. The fourth-order valence-electron chi connectivity index (χ4n) is 1.74. The summed E-state index contributed by atoms with van der Waals surface area (Å²) in [5.41, 5.74) is 6.42. The molecule has 0 fully saturated rings. The van der Waals surface area contributed by atoms with E-state index < -0.39 is 18.0 Å². The lowest BCUT2D eigenvalue weighted by Gasteiger charge is -2.13. The highest BCUT2D eigenvalue weighted by Gasteiger charge is 2.18. The molecule has 0 heterocycles. The van der Waals surface area contributed by atoms with Crippen molar-refractivity contribution < 1.29 is 18.7 Å². The number of amides is 1. The number of carbonyl (C=O) groups excluding carboxylic acids is 2. The second kappa shape index (κ2) is 6.71. The van der Waals surface area contributed by atoms with Gasteiger partial charge in [-0.25, -0.2) is 9.18 Å². The number of nitrogens with two attached hydrogens (primary N) is 1. The number of halogens is 1. The number of rotatable bonds is 5. The second-order valence-electron chi connectivity index (χ2n) is 4.63. The molecule has 0 saturated heterocycles. The summed E-state index contributed by atoms with van der Waals surface area (Å²) in [6.45, 7) is 1.40. The van der Waals surface area contributed by atoms with Crippen LogP contribution in [-0.2, 0) is 9.53 Å². The zero-order valence-electron chi connectivity index (χ0n) is 11.9. The standard InChI is InChI=1S/C16H15FN2O3/c1-10(15(18)20)22-16(21)13-4-2-3-5-14(13)19-12-8-6-11(17)7-9-12/h2-10,19H,1H3,(H2,18,20)/t10-/m0/s1. The Morgan fingerprint density at radius 2 is 1.77 bits per heavy atom. The van der Waals surface area contributed by atoms with Gasteiger partial charge in [-0.1, -0.05) is 12.1 Å². The Kier molecular flexibility index (Phi) is 4.73. The van der Waals surface area contributed by atoms with E-state index in [-0.39, 0.29) is 11.4 Å². The van der Waals surface area contributed by atoms with Crippen molar-refractivity contribution in [2.75, 3.05) is 5.32 Å². The molecule has 0 aliphatic heterocycles. The molecule has 6 heteroatoms. The predicted octanol–water partition coefficient (Wildman–Crippen LogP) is 2.60. The van der Waals surface area contributed by atoms with Gasteiger partial charge >= 0.3 is 5.97 Å². The van der Waals surface area contributed by atoms with Gasteiger partial charge in [0.2, 0.25) is 0 Å². The fourth-order valence-corrected chi connectivity index (χ4v) is 1.74. The molecule has 5 nitrogen and oxygen atoms in total. The normalized spacial score (nSPS) is 11.5. The number of primary amides is 1. The molecule has 0 aliphatic rings. The molecule has 22 heavy (non-hydrogen) atoms. The summed E-state index contributed by atoms with van der Waals surface area (Å²) in [5.74, 6) is -1.75. The molecule has 2 rings (SSSR count). The first-order valence-electron chi connectivity index (χ1n) is 6.59. The van der Waals surface area contributed by atoms with Gasteiger partial charge in [0.25, 0.3) is 5.91 Å². The average molecular weight is 302 g/mol. The van der Waals surface area contributed by atoms with Gasteiger partial charge in [-0.05, 0) is 43.3 Å². The van der Waals surface area contributed by atoms with Crippen LogP contribution >= 0.6 is 0 Å². The van der Waals surface area contributed by atoms with Gasteiger partial charge in [0.1, 0.15) is 5.82 Å². The van der Waals surface area contributed by atoms with E-state index in [1.165, 1.54) is 19.1 Å². The zero-order valence-corrected chi connectivity index (χ0v) is 11.9. The summed E-state index contributed by atoms with van der Waals surface area (Å²) in [7, 11) is 0. The van der Waals surface area contributed by atoms with Gasteiger partial charge in [-0.3, -0.25) is 4.79 Å². The fraction of sp³-hybridized carbons (Fsp3) is 0.125. The molecular formula is C16H15FN2O3. The summed E-state index contributed by atoms with van der Waals surface area (Å²) in [6.07, 6.45) is -1.02. The van der Waals surface area contributed by atoms with Gasteiger partial charge in [0.05, 0.1) is 11.3 Å². The lowest BCUT2D eigenvalue weighted by Crippen LogP contribution is -2.30. The Morgan fingerprint density at radius 3 is 2.41 bits per heavy atom. The molecular weight excluding hydrogens is 287 g/mol. The molecule has 2 aromatic rings. The number of esters is 1. The van der Waals surface area contributed by atoms with Crippen molar-refractivity contribution >= 4 is 23.3 Å². The third kappa shape index (κ3) is 3.82. The third-order valence-corrected chi connectivity index (χ3v) is 2.95. The van der Waals surface area contributed by atoms with Crippen molar-refractivity contribution in [1.29, 1.82) is 0 Å². The minimum atomic E-state index is -1.02. The quantitative estimate of drug-likeness (QED) is 0.832. The second-order valence-corrected chi connectivity index (χ2v) is 4.63. The van der Waals surface area contributed by atoms with Crippen LogP contribution in [0.15, 0.2) is 48.5 Å². The van der Waals surface area contributed by atoms with Crippen LogP contribution in [0.2, 0.25) is 0 Å². The highest BCUT2D eigenvalue weighted by molar-refractivity contribution is 5.97. The molecule has 0 saturated carbocycles. The first kappa shape index (κ1) is 15.5. The Hall–Kier alpha value is -2.89. The third-order valence-electron chi connectivity index (χ3n) is 2.95. The molecule has 0 aromatic heterocycles. The minimum absolute atomic E-state index is 0.250. The number of hydrogen-bond donors (Lipinski definition) is 2. The highest BCUT2D eigenvalue weighted by atomic mass is 19.1. The number of benzene rings is 2. The van der Waals surface area contributed by atoms with Crippen molar-refractivity contribution in [3.05, 3.63) is 59.9 Å². The minimum Gasteiger partial charge on any atom is -0.449 e. The van der Waals surface area contributed by atoms with E-state index in [9.17, 15) is 14.0 Å². The summed E-state index contributed by atoms with van der Waals surface area (Å²) in [6, 6.07) is 12.3. The smallest absolute Gasteiger partial charge is 0.341 e. The molecule has 1 amide bonds. The first-order chi connectivity index (χ1) is 10.5. The van der Waals surface area contributed by atoms with Crippen molar-refractivity contribution in [1.82, 2.24) is 0 Å². The van der Waals surface area contributed by atoms with Crippen LogP contribution in [0.1, 0.15) is 17.3 Å². The SMILES string of the molecule is C[C@H](OC(=O)c1ccccc1Nc1ccc(F)cc1)C(N)=O. The number of para-hydroxylation sites is 1. The number of nitrogens with one attached hydrogen (secondary N) is 1. The van der Waals surface area contributed by atoms with Gasteiger partial charge in [-0.2, -0.15) is 0 Å². The molecule has 2 aromatic carbocycles.